The highest BCUT2D eigenvalue weighted by Gasteiger charge is 2.13. The summed E-state index contributed by atoms with van der Waals surface area (Å²) in [6.07, 6.45) is 3.37. The van der Waals surface area contributed by atoms with Gasteiger partial charge in [0.15, 0.2) is 0 Å². The molecule has 0 unspecified atom stereocenters. The van der Waals surface area contributed by atoms with Crippen LogP contribution in [0.2, 0.25) is 0 Å². The highest BCUT2D eigenvalue weighted by molar-refractivity contribution is 5.91. The average Bonchev–Trinajstić information content (AvgIpc) is 2.77. The highest BCUT2D eigenvalue weighted by Crippen LogP contribution is 2.30. The summed E-state index contributed by atoms with van der Waals surface area (Å²) in [6.45, 7) is 0.245. The van der Waals surface area contributed by atoms with Crippen LogP contribution in [0.1, 0.15) is 10.4 Å². The van der Waals surface area contributed by atoms with E-state index >= 15 is 0 Å². The molecule has 0 aliphatic rings. The zero-order valence-electron chi connectivity index (χ0n) is 16.0. The van der Waals surface area contributed by atoms with E-state index in [0.29, 0.717) is 41.0 Å². The standard InChI is InChI=1S/C20H21N5O4/c1-28-17-6-5-13(19(27)29-2)10-16(17)23-18-11-15(14-4-3-7-21-12-14)24-20(25-18)22-8-9-26/h3-7,10-12,26H,8-9H2,1-2H3,(H2,22,23,24,25). The molecule has 1 aromatic carbocycles. The Morgan fingerprint density at radius 3 is 2.72 bits per heavy atom. The monoisotopic (exact) mass is 395 g/mol. The van der Waals surface area contributed by atoms with Crippen molar-refractivity contribution in [2.24, 2.45) is 0 Å². The lowest BCUT2D eigenvalue weighted by molar-refractivity contribution is 0.0600. The summed E-state index contributed by atoms with van der Waals surface area (Å²) >= 11 is 0. The Hall–Kier alpha value is -3.72. The summed E-state index contributed by atoms with van der Waals surface area (Å²) in [5.74, 6) is 0.884. The van der Waals surface area contributed by atoms with E-state index in [1.165, 1.54) is 14.2 Å². The van der Waals surface area contributed by atoms with Crippen molar-refractivity contribution in [2.45, 2.75) is 0 Å². The van der Waals surface area contributed by atoms with Crippen LogP contribution in [-0.2, 0) is 4.74 Å². The van der Waals surface area contributed by atoms with Crippen LogP contribution in [0.25, 0.3) is 11.3 Å². The number of nitrogens with one attached hydrogen (secondary N) is 2. The fourth-order valence-electron chi connectivity index (χ4n) is 2.61. The van der Waals surface area contributed by atoms with Crippen molar-refractivity contribution in [3.8, 4) is 17.0 Å². The van der Waals surface area contributed by atoms with Crippen LogP contribution in [0, 0.1) is 0 Å². The third-order valence-corrected chi connectivity index (χ3v) is 3.96. The molecule has 0 fully saturated rings. The Labute approximate surface area is 167 Å². The number of carbonyl (C=O) groups excluding carboxylic acids is 1. The molecule has 0 saturated heterocycles. The summed E-state index contributed by atoms with van der Waals surface area (Å²) in [4.78, 5) is 24.9. The van der Waals surface area contributed by atoms with Gasteiger partial charge in [0, 0.05) is 30.6 Å². The first-order valence-corrected chi connectivity index (χ1v) is 8.82. The second-order valence-corrected chi connectivity index (χ2v) is 5.89. The zero-order valence-corrected chi connectivity index (χ0v) is 16.0. The van der Waals surface area contributed by atoms with Gasteiger partial charge in [-0.2, -0.15) is 4.98 Å². The molecule has 0 amide bonds. The molecule has 2 heterocycles. The van der Waals surface area contributed by atoms with Crippen LogP contribution >= 0.6 is 0 Å². The molecule has 3 rings (SSSR count). The number of aliphatic hydroxyl groups is 1. The van der Waals surface area contributed by atoms with Gasteiger partial charge in [0.1, 0.15) is 11.6 Å². The normalized spacial score (nSPS) is 10.3. The number of aliphatic hydroxyl groups excluding tert-OH is 1. The average molecular weight is 395 g/mol. The van der Waals surface area contributed by atoms with Crippen LogP contribution in [0.3, 0.4) is 0 Å². The first-order chi connectivity index (χ1) is 14.1. The number of hydrogen-bond donors (Lipinski definition) is 3. The lowest BCUT2D eigenvalue weighted by Crippen LogP contribution is -2.10. The molecule has 0 atom stereocenters. The molecular formula is C20H21N5O4. The summed E-state index contributed by atoms with van der Waals surface area (Å²) in [7, 11) is 2.86. The number of benzene rings is 1. The van der Waals surface area contributed by atoms with Gasteiger partial charge in [0.2, 0.25) is 5.95 Å². The fourth-order valence-corrected chi connectivity index (χ4v) is 2.61. The lowest BCUT2D eigenvalue weighted by atomic mass is 10.1. The molecule has 3 aromatic rings. The second kappa shape index (κ2) is 9.47. The van der Waals surface area contributed by atoms with Crippen molar-refractivity contribution < 1.29 is 19.4 Å². The van der Waals surface area contributed by atoms with Crippen LogP contribution in [0.5, 0.6) is 5.75 Å². The fraction of sp³-hybridized carbons (Fsp3) is 0.200. The van der Waals surface area contributed by atoms with Crippen molar-refractivity contribution in [1.82, 2.24) is 15.0 Å². The number of anilines is 3. The molecule has 0 aliphatic heterocycles. The van der Waals surface area contributed by atoms with Crippen molar-refractivity contribution in [1.29, 1.82) is 0 Å². The molecule has 0 radical (unpaired) electrons. The van der Waals surface area contributed by atoms with E-state index in [4.69, 9.17) is 14.6 Å². The van der Waals surface area contributed by atoms with Gasteiger partial charge in [-0.1, -0.05) is 0 Å². The zero-order chi connectivity index (χ0) is 20.6. The Bertz CT molecular complexity index is 982. The maximum absolute atomic E-state index is 11.9. The van der Waals surface area contributed by atoms with E-state index < -0.39 is 5.97 Å². The van der Waals surface area contributed by atoms with E-state index in [1.807, 2.05) is 12.1 Å². The van der Waals surface area contributed by atoms with E-state index in [-0.39, 0.29) is 6.61 Å². The second-order valence-electron chi connectivity index (χ2n) is 5.89. The lowest BCUT2D eigenvalue weighted by Gasteiger charge is -2.14. The Morgan fingerprint density at radius 2 is 2.03 bits per heavy atom. The highest BCUT2D eigenvalue weighted by atomic mass is 16.5. The molecule has 3 N–H and O–H groups in total. The van der Waals surface area contributed by atoms with Crippen LogP contribution < -0.4 is 15.4 Å². The van der Waals surface area contributed by atoms with Crippen LogP contribution in [-0.4, -0.2) is 53.4 Å². The predicted molar refractivity (Wildman–Crippen MR) is 108 cm³/mol. The minimum absolute atomic E-state index is 0.0573. The predicted octanol–water partition coefficient (Wildman–Crippen LogP) is 2.48. The molecule has 2 aromatic heterocycles. The molecule has 0 bridgehead atoms. The molecule has 150 valence electrons. The molecule has 9 heteroatoms. The third-order valence-electron chi connectivity index (χ3n) is 3.96. The summed E-state index contributed by atoms with van der Waals surface area (Å²) in [5, 5.41) is 15.2. The Balaban J connectivity index is 2.00. The summed E-state index contributed by atoms with van der Waals surface area (Å²) in [5.41, 5.74) is 2.36. The first-order valence-electron chi connectivity index (χ1n) is 8.82. The van der Waals surface area contributed by atoms with Crippen LogP contribution in [0.4, 0.5) is 17.5 Å². The number of hydrogen-bond acceptors (Lipinski definition) is 9. The largest absolute Gasteiger partial charge is 0.495 e. The Morgan fingerprint density at radius 1 is 1.17 bits per heavy atom. The SMILES string of the molecule is COC(=O)c1ccc(OC)c(Nc2cc(-c3cccnc3)nc(NCCO)n2)c1. The van der Waals surface area contributed by atoms with E-state index in [1.54, 1.807) is 36.7 Å². The van der Waals surface area contributed by atoms with E-state index in [0.717, 1.165) is 5.56 Å². The number of aromatic nitrogens is 3. The van der Waals surface area contributed by atoms with E-state index in [2.05, 4.69) is 25.6 Å². The van der Waals surface area contributed by atoms with Crippen molar-refractivity contribution in [3.05, 3.63) is 54.4 Å². The molecule has 29 heavy (non-hydrogen) atoms. The minimum Gasteiger partial charge on any atom is -0.495 e. The summed E-state index contributed by atoms with van der Waals surface area (Å²) in [6, 6.07) is 10.4. The number of methoxy groups -OCH3 is 2. The van der Waals surface area contributed by atoms with Gasteiger partial charge in [-0.15, -0.1) is 0 Å². The molecule has 0 saturated carbocycles. The van der Waals surface area contributed by atoms with Gasteiger partial charge in [0.05, 0.1) is 37.8 Å². The maximum Gasteiger partial charge on any atom is 0.337 e. The van der Waals surface area contributed by atoms with Gasteiger partial charge >= 0.3 is 5.97 Å². The maximum atomic E-state index is 11.9. The van der Waals surface area contributed by atoms with E-state index in [9.17, 15) is 4.79 Å². The number of ether oxygens (including phenoxy) is 2. The van der Waals surface area contributed by atoms with Gasteiger partial charge in [-0.3, -0.25) is 4.98 Å². The Kier molecular flexibility index (Phi) is 6.54. The van der Waals surface area contributed by atoms with Crippen molar-refractivity contribution in [3.63, 3.8) is 0 Å². The smallest absolute Gasteiger partial charge is 0.337 e. The van der Waals surface area contributed by atoms with Gasteiger partial charge in [-0.05, 0) is 30.3 Å². The van der Waals surface area contributed by atoms with Crippen molar-refractivity contribution >= 4 is 23.4 Å². The van der Waals surface area contributed by atoms with Gasteiger partial charge in [0.25, 0.3) is 0 Å². The third kappa shape index (κ3) is 4.96. The molecule has 0 spiro atoms. The number of nitrogens with zero attached hydrogens (tertiary/aromatic N) is 3. The van der Waals surface area contributed by atoms with Crippen LogP contribution in [0.15, 0.2) is 48.8 Å². The number of rotatable bonds is 8. The summed E-state index contributed by atoms with van der Waals surface area (Å²) < 4.78 is 10.2. The topological polar surface area (TPSA) is 118 Å². The number of carbonyl (C=O) groups is 1. The molecule has 9 nitrogen and oxygen atoms in total. The number of pyridine rings is 1. The molecule has 0 aliphatic carbocycles. The number of esters is 1. The first kappa shape index (κ1) is 20.0. The molecular weight excluding hydrogens is 374 g/mol. The van der Waals surface area contributed by atoms with Gasteiger partial charge < -0.3 is 25.2 Å². The van der Waals surface area contributed by atoms with Gasteiger partial charge in [-0.25, -0.2) is 9.78 Å². The minimum atomic E-state index is -0.459. The quantitative estimate of drug-likeness (QED) is 0.494. The van der Waals surface area contributed by atoms with Crippen molar-refractivity contribution in [2.75, 3.05) is 38.0 Å².